The van der Waals surface area contributed by atoms with E-state index in [2.05, 4.69) is 15.4 Å². The smallest absolute Gasteiger partial charge is 0.258 e. The molecule has 5 rings (SSSR count). The van der Waals surface area contributed by atoms with E-state index < -0.39 is 0 Å². The van der Waals surface area contributed by atoms with Gasteiger partial charge in [-0.15, -0.1) is 11.8 Å². The summed E-state index contributed by atoms with van der Waals surface area (Å²) in [5, 5.41) is 7.73. The van der Waals surface area contributed by atoms with Crippen molar-refractivity contribution in [1.82, 2.24) is 14.6 Å². The third kappa shape index (κ3) is 4.68. The molecule has 1 aliphatic carbocycles. The van der Waals surface area contributed by atoms with Crippen LogP contribution in [0, 0.1) is 0 Å². The van der Waals surface area contributed by atoms with E-state index in [0.717, 1.165) is 10.5 Å². The van der Waals surface area contributed by atoms with Crippen molar-refractivity contribution in [3.8, 4) is 11.3 Å². The number of carbonyl (C=O) groups excluding carboxylic acids is 4. The lowest BCUT2D eigenvalue weighted by molar-refractivity contribution is -0.120. The van der Waals surface area contributed by atoms with Crippen LogP contribution in [-0.4, -0.2) is 56.1 Å². The largest absolute Gasteiger partial charge is 0.367 e. The molecule has 180 valence electrons. The fraction of sp³-hybridized carbons (Fsp3) is 0.125. The first-order chi connectivity index (χ1) is 17.4. The van der Waals surface area contributed by atoms with Crippen LogP contribution in [0.3, 0.4) is 0 Å². The van der Waals surface area contributed by atoms with Crippen LogP contribution in [-0.2, 0) is 19.2 Å². The van der Waals surface area contributed by atoms with Crippen molar-refractivity contribution < 1.29 is 19.2 Å². The number of benzene rings is 1. The molecule has 1 aromatic carbocycles. The van der Waals surface area contributed by atoms with E-state index in [0.29, 0.717) is 45.1 Å². The number of imidazole rings is 1. The van der Waals surface area contributed by atoms with E-state index in [1.54, 1.807) is 40.4 Å². The van der Waals surface area contributed by atoms with Crippen molar-refractivity contribution in [3.05, 3.63) is 65.1 Å². The Morgan fingerprint density at radius 1 is 1.08 bits per heavy atom. The number of hydrogen-bond donors (Lipinski definition) is 1. The van der Waals surface area contributed by atoms with Crippen LogP contribution in [0.4, 0.5) is 11.5 Å². The van der Waals surface area contributed by atoms with Gasteiger partial charge in [0, 0.05) is 47.9 Å². The van der Waals surface area contributed by atoms with Gasteiger partial charge in [0.15, 0.2) is 11.6 Å². The minimum absolute atomic E-state index is 0.147. The number of fused-ring (bicyclic) bond motifs is 1. The minimum atomic E-state index is -0.374. The van der Waals surface area contributed by atoms with E-state index in [-0.39, 0.29) is 23.5 Å². The number of imide groups is 1. The van der Waals surface area contributed by atoms with Crippen LogP contribution in [0.5, 0.6) is 0 Å². The Labute approximate surface area is 213 Å². The van der Waals surface area contributed by atoms with Crippen LogP contribution in [0.1, 0.15) is 6.92 Å². The molecule has 0 spiro atoms. The molecule has 0 bridgehead atoms. The molecule has 1 aliphatic heterocycles. The zero-order valence-electron chi connectivity index (χ0n) is 18.9. The summed E-state index contributed by atoms with van der Waals surface area (Å²) in [6.07, 6.45) is 6.91. The number of thioether (sulfide) groups is 1. The molecule has 3 amide bonds. The number of amides is 3. The van der Waals surface area contributed by atoms with Gasteiger partial charge in [-0.25, -0.2) is 14.9 Å². The number of anilines is 2. The normalized spacial score (nSPS) is 16.5. The molecule has 0 saturated carbocycles. The average Bonchev–Trinajstić information content (AvgIpc) is 3.53. The van der Waals surface area contributed by atoms with E-state index in [4.69, 9.17) is 4.98 Å². The molecule has 0 unspecified atom stereocenters. The quantitative estimate of drug-likeness (QED) is 0.287. The Kier molecular flexibility index (Phi) is 6.44. The summed E-state index contributed by atoms with van der Waals surface area (Å²) in [5.41, 5.74) is 4.12. The Hall–Kier alpha value is -4.16. The van der Waals surface area contributed by atoms with Crippen LogP contribution in [0.15, 0.2) is 70.1 Å². The van der Waals surface area contributed by atoms with Gasteiger partial charge in [0.1, 0.15) is 11.2 Å². The monoisotopic (exact) mass is 518 g/mol. The Morgan fingerprint density at radius 2 is 1.83 bits per heavy atom. The van der Waals surface area contributed by atoms with Crippen LogP contribution < -0.4 is 10.2 Å². The third-order valence-electron chi connectivity index (χ3n) is 5.21. The SMILES string of the molecule is CC(=O)N=C1C=CC(=O)C=C1SCCNc1c(-c2ccc(N3C(=O)C=CC3=O)cc2)nc2scnn12. The van der Waals surface area contributed by atoms with Gasteiger partial charge in [0.25, 0.3) is 11.8 Å². The summed E-state index contributed by atoms with van der Waals surface area (Å²) in [5.74, 6) is 0.0604. The maximum absolute atomic E-state index is 12.0. The topological polar surface area (TPSA) is 126 Å². The van der Waals surface area contributed by atoms with Gasteiger partial charge in [0.2, 0.25) is 10.9 Å². The van der Waals surface area contributed by atoms with Crippen molar-refractivity contribution in [2.45, 2.75) is 6.92 Å². The van der Waals surface area contributed by atoms with Gasteiger partial charge in [-0.3, -0.25) is 19.2 Å². The van der Waals surface area contributed by atoms with Crippen LogP contribution in [0.2, 0.25) is 0 Å². The van der Waals surface area contributed by atoms with Crippen molar-refractivity contribution in [2.24, 2.45) is 4.99 Å². The number of nitrogens with one attached hydrogen (secondary N) is 1. The van der Waals surface area contributed by atoms with Crippen molar-refractivity contribution >= 4 is 68.8 Å². The lowest BCUT2D eigenvalue weighted by atomic mass is 10.1. The van der Waals surface area contributed by atoms with E-state index in [1.165, 1.54) is 54.3 Å². The summed E-state index contributed by atoms with van der Waals surface area (Å²) in [6, 6.07) is 7.01. The zero-order valence-corrected chi connectivity index (χ0v) is 20.5. The van der Waals surface area contributed by atoms with Gasteiger partial charge in [-0.2, -0.15) is 9.61 Å². The molecule has 3 heterocycles. The highest BCUT2D eigenvalue weighted by Crippen LogP contribution is 2.32. The highest BCUT2D eigenvalue weighted by molar-refractivity contribution is 8.04. The molecule has 12 heteroatoms. The Morgan fingerprint density at radius 3 is 2.56 bits per heavy atom. The highest BCUT2D eigenvalue weighted by Gasteiger charge is 2.25. The number of carbonyl (C=O) groups is 4. The third-order valence-corrected chi connectivity index (χ3v) is 6.94. The standard InChI is InChI=1S/C24H18N6O4S2/c1-14(31)27-18-7-6-17(32)12-19(18)35-11-10-25-23-22(28-24-30(23)26-13-36-24)15-2-4-16(5-3-15)29-20(33)8-9-21(29)34/h2-9,12-13,25H,10-11H2,1H3. The molecule has 2 aliphatic rings. The summed E-state index contributed by atoms with van der Waals surface area (Å²) in [4.78, 5) is 58.2. The molecule has 1 N–H and O–H groups in total. The van der Waals surface area contributed by atoms with Gasteiger partial charge in [-0.05, 0) is 24.3 Å². The number of hydrogen-bond acceptors (Lipinski definition) is 9. The molecular formula is C24H18N6O4S2. The number of nitrogens with zero attached hydrogens (tertiary/aromatic N) is 5. The van der Waals surface area contributed by atoms with Crippen LogP contribution >= 0.6 is 23.1 Å². The van der Waals surface area contributed by atoms with Crippen molar-refractivity contribution in [3.63, 3.8) is 0 Å². The van der Waals surface area contributed by atoms with E-state index in [1.807, 2.05) is 0 Å². The summed E-state index contributed by atoms with van der Waals surface area (Å²) >= 11 is 2.82. The highest BCUT2D eigenvalue weighted by atomic mass is 32.2. The Bertz CT molecular complexity index is 1510. The lowest BCUT2D eigenvalue weighted by Crippen LogP contribution is -2.29. The van der Waals surface area contributed by atoms with E-state index in [9.17, 15) is 19.2 Å². The molecule has 0 fully saturated rings. The Balaban J connectivity index is 1.32. The molecule has 36 heavy (non-hydrogen) atoms. The lowest BCUT2D eigenvalue weighted by Gasteiger charge is -2.14. The molecule has 0 radical (unpaired) electrons. The van der Waals surface area contributed by atoms with Gasteiger partial charge >= 0.3 is 0 Å². The molecule has 0 saturated heterocycles. The van der Waals surface area contributed by atoms with Crippen LogP contribution in [0.25, 0.3) is 16.2 Å². The first kappa shape index (κ1) is 23.6. The fourth-order valence-corrected chi connectivity index (χ4v) is 5.18. The molecule has 10 nitrogen and oxygen atoms in total. The summed E-state index contributed by atoms with van der Waals surface area (Å²) in [7, 11) is 0. The van der Waals surface area contributed by atoms with Gasteiger partial charge in [-0.1, -0.05) is 23.5 Å². The zero-order chi connectivity index (χ0) is 25.2. The first-order valence-corrected chi connectivity index (χ1v) is 12.7. The summed E-state index contributed by atoms with van der Waals surface area (Å²) in [6.45, 7) is 1.89. The van der Waals surface area contributed by atoms with Crippen molar-refractivity contribution in [2.75, 3.05) is 22.5 Å². The number of allylic oxidation sites excluding steroid dienone is 4. The molecule has 0 atom stereocenters. The fourth-order valence-electron chi connectivity index (χ4n) is 3.68. The minimum Gasteiger partial charge on any atom is -0.367 e. The second-order valence-corrected chi connectivity index (χ2v) is 9.62. The maximum Gasteiger partial charge on any atom is 0.258 e. The van der Waals surface area contributed by atoms with Crippen molar-refractivity contribution in [1.29, 1.82) is 0 Å². The number of aliphatic imine (C=N–C) groups is 1. The second kappa shape index (κ2) is 9.84. The van der Waals surface area contributed by atoms with Gasteiger partial charge in [0.05, 0.1) is 11.4 Å². The maximum atomic E-state index is 12.0. The molecule has 3 aromatic rings. The number of rotatable bonds is 7. The predicted molar refractivity (Wildman–Crippen MR) is 139 cm³/mol. The van der Waals surface area contributed by atoms with E-state index >= 15 is 0 Å². The molecule has 2 aromatic heterocycles. The second-order valence-electron chi connectivity index (χ2n) is 7.67. The predicted octanol–water partition coefficient (Wildman–Crippen LogP) is 3.04. The first-order valence-electron chi connectivity index (χ1n) is 10.8. The number of aromatic nitrogens is 3. The van der Waals surface area contributed by atoms with Gasteiger partial charge < -0.3 is 5.32 Å². The summed E-state index contributed by atoms with van der Waals surface area (Å²) < 4.78 is 1.71. The average molecular weight is 519 g/mol. The molecular weight excluding hydrogens is 500 g/mol. The number of ketones is 1.